The summed E-state index contributed by atoms with van der Waals surface area (Å²) in [5, 5.41) is 2.41. The summed E-state index contributed by atoms with van der Waals surface area (Å²) in [4.78, 5) is 40.7. The Morgan fingerprint density at radius 2 is 1.88 bits per heavy atom. The van der Waals surface area contributed by atoms with Gasteiger partial charge in [0, 0.05) is 60.4 Å². The summed E-state index contributed by atoms with van der Waals surface area (Å²) >= 11 is 1.65. The van der Waals surface area contributed by atoms with Crippen LogP contribution in [-0.4, -0.2) is 60.7 Å². The van der Waals surface area contributed by atoms with Gasteiger partial charge in [-0.25, -0.2) is 15.0 Å². The number of hydrogen-bond donors (Lipinski definition) is 2. The molecule has 4 heterocycles. The van der Waals surface area contributed by atoms with E-state index in [9.17, 15) is 22.8 Å². The van der Waals surface area contributed by atoms with Crippen LogP contribution < -0.4 is 11.1 Å². The Bertz CT molecular complexity index is 1610. The van der Waals surface area contributed by atoms with Crippen LogP contribution in [0.2, 0.25) is 0 Å². The van der Waals surface area contributed by atoms with Crippen molar-refractivity contribution in [1.29, 1.82) is 0 Å². The molecule has 0 aliphatic carbocycles. The smallest absolute Gasteiger partial charge is 0.382 e. The second-order valence-electron chi connectivity index (χ2n) is 10.2. The number of anilines is 2. The van der Waals surface area contributed by atoms with Gasteiger partial charge in [0.05, 0.1) is 5.56 Å². The van der Waals surface area contributed by atoms with Gasteiger partial charge in [0.1, 0.15) is 28.7 Å². The number of pyridine rings is 1. The molecule has 1 saturated heterocycles. The van der Waals surface area contributed by atoms with Crippen molar-refractivity contribution in [3.05, 3.63) is 71.9 Å². The first-order valence-corrected chi connectivity index (χ1v) is 14.8. The lowest BCUT2D eigenvalue weighted by Gasteiger charge is -2.37. The third-order valence-electron chi connectivity index (χ3n) is 7.45. The number of piperidine rings is 1. The SMILES string of the molecule is CSCCC(=O)N1CC(c2nc(-c3ccc(C(=O)Nc4cc(C(F)(F)F)ccn4)cc3)c3c(N)nccn23)CCC1C. The molecule has 5 rings (SSSR count). The minimum atomic E-state index is -4.55. The molecule has 1 fully saturated rings. The standard InChI is InChI=1S/C29H30F3N7O2S/c1-17-3-4-20(16-39(17)23(40)10-14-42-2)27-37-24(25-26(33)35-12-13-38(25)27)18-5-7-19(8-6-18)28(41)36-22-15-21(9-11-34-22)29(30,31)32/h5-9,11-13,15,17,20H,3-4,10,14,16H2,1-2H3,(H2,33,35)(H,34,36,41). The number of nitrogens with one attached hydrogen (secondary N) is 1. The number of thioether (sulfide) groups is 1. The lowest BCUT2D eigenvalue weighted by atomic mass is 9.92. The summed E-state index contributed by atoms with van der Waals surface area (Å²) < 4.78 is 41.0. The molecule has 42 heavy (non-hydrogen) atoms. The van der Waals surface area contributed by atoms with Crippen LogP contribution in [-0.2, 0) is 11.0 Å². The van der Waals surface area contributed by atoms with Gasteiger partial charge in [-0.1, -0.05) is 12.1 Å². The maximum Gasteiger partial charge on any atom is 0.416 e. The molecule has 0 bridgehead atoms. The fourth-order valence-corrected chi connectivity index (χ4v) is 5.60. The van der Waals surface area contributed by atoms with Crippen LogP contribution in [0.15, 0.2) is 55.0 Å². The fraction of sp³-hybridized carbons (Fsp3) is 0.345. The molecule has 3 aromatic heterocycles. The van der Waals surface area contributed by atoms with Crippen molar-refractivity contribution in [3.63, 3.8) is 0 Å². The van der Waals surface area contributed by atoms with Crippen LogP contribution >= 0.6 is 11.8 Å². The average Bonchev–Trinajstić information content (AvgIpc) is 3.37. The zero-order valence-electron chi connectivity index (χ0n) is 23.1. The van der Waals surface area contributed by atoms with Crippen molar-refractivity contribution in [1.82, 2.24) is 24.3 Å². The summed E-state index contributed by atoms with van der Waals surface area (Å²) in [5.41, 5.74) is 7.52. The van der Waals surface area contributed by atoms with Gasteiger partial charge in [-0.2, -0.15) is 24.9 Å². The number of fused-ring (bicyclic) bond motifs is 1. The molecule has 0 saturated carbocycles. The average molecular weight is 598 g/mol. The molecule has 13 heteroatoms. The van der Waals surface area contributed by atoms with Gasteiger partial charge in [-0.3, -0.25) is 14.0 Å². The number of carbonyl (C=O) groups excluding carboxylic acids is 2. The third-order valence-corrected chi connectivity index (χ3v) is 8.06. The number of nitrogen functional groups attached to an aromatic ring is 1. The first-order valence-electron chi connectivity index (χ1n) is 13.4. The molecule has 1 aromatic carbocycles. The number of alkyl halides is 3. The number of halogens is 3. The predicted molar refractivity (Wildman–Crippen MR) is 156 cm³/mol. The van der Waals surface area contributed by atoms with E-state index < -0.39 is 17.6 Å². The van der Waals surface area contributed by atoms with E-state index in [0.29, 0.717) is 35.6 Å². The number of benzene rings is 1. The first-order chi connectivity index (χ1) is 20.1. The summed E-state index contributed by atoms with van der Waals surface area (Å²) in [7, 11) is 0. The van der Waals surface area contributed by atoms with Crippen molar-refractivity contribution in [3.8, 4) is 11.3 Å². The molecule has 2 amide bonds. The largest absolute Gasteiger partial charge is 0.416 e. The number of hydrogen-bond acceptors (Lipinski definition) is 7. The molecule has 220 valence electrons. The summed E-state index contributed by atoms with van der Waals surface area (Å²) in [6.45, 7) is 2.63. The monoisotopic (exact) mass is 597 g/mol. The first kappa shape index (κ1) is 29.4. The van der Waals surface area contributed by atoms with E-state index in [0.717, 1.165) is 42.7 Å². The highest BCUT2D eigenvalue weighted by molar-refractivity contribution is 7.98. The van der Waals surface area contributed by atoms with Crippen LogP contribution in [0.1, 0.15) is 53.8 Å². The number of rotatable bonds is 7. The molecule has 0 spiro atoms. The lowest BCUT2D eigenvalue weighted by Crippen LogP contribution is -2.45. The summed E-state index contributed by atoms with van der Waals surface area (Å²) in [6, 6.07) is 8.29. The molecule has 9 nitrogen and oxygen atoms in total. The number of imidazole rings is 1. The molecule has 1 aliphatic rings. The molecular formula is C29H30F3N7O2S. The normalized spacial score (nSPS) is 17.4. The van der Waals surface area contributed by atoms with Crippen molar-refractivity contribution < 1.29 is 22.8 Å². The number of nitrogens with two attached hydrogens (primary N) is 1. The van der Waals surface area contributed by atoms with Gasteiger partial charge < -0.3 is 16.0 Å². The third kappa shape index (κ3) is 6.06. The molecule has 4 aromatic rings. The maximum atomic E-state index is 13.0. The van der Waals surface area contributed by atoms with Crippen molar-refractivity contribution in [2.75, 3.05) is 29.6 Å². The second kappa shape index (κ2) is 12.0. The number of carbonyl (C=O) groups is 2. The Labute approximate surface area is 244 Å². The van der Waals surface area contributed by atoms with Crippen LogP contribution in [0, 0.1) is 0 Å². The maximum absolute atomic E-state index is 13.0. The Morgan fingerprint density at radius 1 is 1.12 bits per heavy atom. The predicted octanol–water partition coefficient (Wildman–Crippen LogP) is 5.49. The minimum Gasteiger partial charge on any atom is -0.382 e. The van der Waals surface area contributed by atoms with Crippen LogP contribution in [0.25, 0.3) is 16.8 Å². The van der Waals surface area contributed by atoms with E-state index in [-0.39, 0.29) is 29.2 Å². The highest BCUT2D eigenvalue weighted by Gasteiger charge is 2.33. The van der Waals surface area contributed by atoms with E-state index in [2.05, 4.69) is 22.2 Å². The molecular weight excluding hydrogens is 567 g/mol. The van der Waals surface area contributed by atoms with E-state index in [1.165, 1.54) is 0 Å². The van der Waals surface area contributed by atoms with Crippen molar-refractivity contribution in [2.45, 2.75) is 44.3 Å². The minimum absolute atomic E-state index is 0.00695. The highest BCUT2D eigenvalue weighted by atomic mass is 32.2. The van der Waals surface area contributed by atoms with Gasteiger partial charge in [0.2, 0.25) is 5.91 Å². The second-order valence-corrected chi connectivity index (χ2v) is 11.2. The van der Waals surface area contributed by atoms with Crippen LogP contribution in [0.3, 0.4) is 0 Å². The Kier molecular flexibility index (Phi) is 8.39. The quantitative estimate of drug-likeness (QED) is 0.289. The highest BCUT2D eigenvalue weighted by Crippen LogP contribution is 2.35. The van der Waals surface area contributed by atoms with Gasteiger partial charge in [0.25, 0.3) is 5.91 Å². The van der Waals surface area contributed by atoms with Gasteiger partial charge in [-0.15, -0.1) is 0 Å². The van der Waals surface area contributed by atoms with E-state index >= 15 is 0 Å². The van der Waals surface area contributed by atoms with Gasteiger partial charge in [-0.05, 0) is 50.3 Å². The van der Waals surface area contributed by atoms with Crippen molar-refractivity contribution in [2.24, 2.45) is 0 Å². The van der Waals surface area contributed by atoms with E-state index in [1.807, 2.05) is 15.6 Å². The Hall–Kier alpha value is -4.13. The molecule has 3 N–H and O–H groups in total. The summed E-state index contributed by atoms with van der Waals surface area (Å²) in [5.74, 6) is 1.17. The lowest BCUT2D eigenvalue weighted by molar-refractivity contribution is -0.137. The molecule has 0 radical (unpaired) electrons. The Morgan fingerprint density at radius 3 is 2.60 bits per heavy atom. The fourth-order valence-electron chi connectivity index (χ4n) is 5.22. The van der Waals surface area contributed by atoms with E-state index in [4.69, 9.17) is 10.7 Å². The van der Waals surface area contributed by atoms with Crippen LogP contribution in [0.4, 0.5) is 24.8 Å². The number of amides is 2. The van der Waals surface area contributed by atoms with Gasteiger partial charge in [0.15, 0.2) is 0 Å². The number of aromatic nitrogens is 4. The zero-order valence-corrected chi connectivity index (χ0v) is 23.9. The molecule has 2 unspecified atom stereocenters. The zero-order chi connectivity index (χ0) is 30.0. The van der Waals surface area contributed by atoms with Crippen LogP contribution in [0.5, 0.6) is 0 Å². The molecule has 2 atom stereocenters. The topological polar surface area (TPSA) is 119 Å². The summed E-state index contributed by atoms with van der Waals surface area (Å²) in [6.07, 6.45) is 4.05. The number of likely N-dealkylation sites (tertiary alicyclic amines) is 1. The van der Waals surface area contributed by atoms with Gasteiger partial charge >= 0.3 is 6.18 Å². The number of nitrogens with zero attached hydrogens (tertiary/aromatic N) is 5. The molecule has 1 aliphatic heterocycles. The Balaban J connectivity index is 1.41. The van der Waals surface area contributed by atoms with Crippen molar-refractivity contribution >= 4 is 40.7 Å². The van der Waals surface area contributed by atoms with E-state index in [1.54, 1.807) is 48.4 Å².